The third-order valence-electron chi connectivity index (χ3n) is 4.26. The molecule has 0 N–H and O–H groups in total. The third kappa shape index (κ3) is 3.95. The topological polar surface area (TPSA) is 25.8 Å². The minimum atomic E-state index is 0.504. The Hall–Kier alpha value is -2.86. The van der Waals surface area contributed by atoms with Crippen LogP contribution in [0.4, 0.5) is 0 Å². The Morgan fingerprint density at radius 3 is 2.33 bits per heavy atom. The molecule has 0 saturated carbocycles. The van der Waals surface area contributed by atoms with Gasteiger partial charge in [-0.25, -0.2) is 9.97 Å². The van der Waals surface area contributed by atoms with Gasteiger partial charge >= 0.3 is 0 Å². The summed E-state index contributed by atoms with van der Waals surface area (Å²) in [6, 6.07) is 19.4. The first-order valence-electron chi connectivity index (χ1n) is 8.39. The molecule has 0 aliphatic rings. The molecular formula is C23H14Cl2N2. The van der Waals surface area contributed by atoms with Crippen LogP contribution in [-0.2, 0) is 0 Å². The van der Waals surface area contributed by atoms with E-state index < -0.39 is 0 Å². The predicted molar refractivity (Wildman–Crippen MR) is 112 cm³/mol. The first-order chi connectivity index (χ1) is 13.1. The van der Waals surface area contributed by atoms with E-state index in [9.17, 15) is 0 Å². The van der Waals surface area contributed by atoms with Gasteiger partial charge in [-0.15, -0.1) is 0 Å². The van der Waals surface area contributed by atoms with E-state index >= 15 is 0 Å². The van der Waals surface area contributed by atoms with Crippen molar-refractivity contribution in [2.75, 3.05) is 0 Å². The quantitative estimate of drug-likeness (QED) is 0.282. The van der Waals surface area contributed by atoms with Crippen LogP contribution >= 0.6 is 23.2 Å². The summed E-state index contributed by atoms with van der Waals surface area (Å²) in [5.74, 6) is 6.29. The Labute approximate surface area is 167 Å². The van der Waals surface area contributed by atoms with Crippen LogP contribution in [0.5, 0.6) is 0 Å². The van der Waals surface area contributed by atoms with E-state index in [1.165, 1.54) is 0 Å². The Morgan fingerprint density at radius 2 is 1.59 bits per heavy atom. The normalized spacial score (nSPS) is 10.5. The van der Waals surface area contributed by atoms with Crippen molar-refractivity contribution in [1.82, 2.24) is 9.97 Å². The number of nitrogens with zero attached hydrogens (tertiary/aromatic N) is 2. The lowest BCUT2D eigenvalue weighted by atomic mass is 10.1. The van der Waals surface area contributed by atoms with Gasteiger partial charge in [-0.3, -0.25) is 0 Å². The minimum absolute atomic E-state index is 0.504. The summed E-state index contributed by atoms with van der Waals surface area (Å²) in [6.45, 7) is 2.02. The first kappa shape index (κ1) is 17.5. The molecule has 2 heterocycles. The number of hydrogen-bond donors (Lipinski definition) is 0. The van der Waals surface area contributed by atoms with Crippen LogP contribution < -0.4 is 0 Å². The second-order valence-corrected chi connectivity index (χ2v) is 7.01. The Morgan fingerprint density at radius 1 is 0.815 bits per heavy atom. The van der Waals surface area contributed by atoms with Crippen molar-refractivity contribution in [1.29, 1.82) is 0 Å². The smallest absolute Gasteiger partial charge is 0.130 e. The second kappa shape index (κ2) is 7.40. The Bertz CT molecular complexity index is 1190. The molecule has 0 fully saturated rings. The molecule has 0 amide bonds. The van der Waals surface area contributed by atoms with E-state index in [1.807, 2.05) is 73.8 Å². The van der Waals surface area contributed by atoms with Crippen molar-refractivity contribution in [3.63, 3.8) is 0 Å². The number of rotatable bonds is 1. The van der Waals surface area contributed by atoms with E-state index in [2.05, 4.69) is 21.8 Å². The van der Waals surface area contributed by atoms with Crippen LogP contribution in [0.3, 0.4) is 0 Å². The molecule has 0 spiro atoms. The molecule has 0 aliphatic heterocycles. The van der Waals surface area contributed by atoms with Gasteiger partial charge in [-0.1, -0.05) is 47.3 Å². The molecule has 4 heteroatoms. The highest BCUT2D eigenvalue weighted by atomic mass is 35.5. The molecule has 2 nitrogen and oxygen atoms in total. The Balaban J connectivity index is 1.60. The molecular weight excluding hydrogens is 375 g/mol. The molecule has 130 valence electrons. The highest BCUT2D eigenvalue weighted by molar-refractivity contribution is 6.30. The second-order valence-electron chi connectivity index (χ2n) is 6.18. The summed E-state index contributed by atoms with van der Waals surface area (Å²) >= 11 is 11.9. The molecule has 4 aromatic rings. The number of pyridine rings is 2. The van der Waals surface area contributed by atoms with Crippen molar-refractivity contribution < 1.29 is 0 Å². The fourth-order valence-corrected chi connectivity index (χ4v) is 3.23. The lowest BCUT2D eigenvalue weighted by Gasteiger charge is -2.03. The van der Waals surface area contributed by atoms with E-state index in [1.54, 1.807) is 0 Å². The number of aryl methyl sites for hydroxylation is 1. The van der Waals surface area contributed by atoms with E-state index in [0.717, 1.165) is 43.9 Å². The molecule has 2 aromatic heterocycles. The zero-order chi connectivity index (χ0) is 18.8. The summed E-state index contributed by atoms with van der Waals surface area (Å²) in [7, 11) is 0. The van der Waals surface area contributed by atoms with Gasteiger partial charge in [0.1, 0.15) is 10.8 Å². The average molecular weight is 389 g/mol. The lowest BCUT2D eigenvalue weighted by molar-refractivity contribution is 1.29. The first-order valence-corrected chi connectivity index (χ1v) is 9.15. The van der Waals surface area contributed by atoms with Crippen LogP contribution in [-0.4, -0.2) is 9.97 Å². The fraction of sp³-hybridized carbons (Fsp3) is 0.0435. The van der Waals surface area contributed by atoms with Crippen molar-refractivity contribution in [3.8, 4) is 23.0 Å². The highest BCUT2D eigenvalue weighted by Gasteiger charge is 2.02. The fourth-order valence-electron chi connectivity index (χ4n) is 2.85. The minimum Gasteiger partial charge on any atom is -0.247 e. The zero-order valence-corrected chi connectivity index (χ0v) is 16.0. The molecule has 27 heavy (non-hydrogen) atoms. The largest absolute Gasteiger partial charge is 0.247 e. The van der Waals surface area contributed by atoms with E-state index in [0.29, 0.717) is 5.15 Å². The molecule has 0 bridgehead atoms. The summed E-state index contributed by atoms with van der Waals surface area (Å²) in [5.41, 5.74) is 5.69. The summed E-state index contributed by atoms with van der Waals surface area (Å²) in [6.07, 6.45) is 1.82. The van der Waals surface area contributed by atoms with Gasteiger partial charge in [0.25, 0.3) is 0 Å². The van der Waals surface area contributed by atoms with Crippen LogP contribution in [0.2, 0.25) is 10.2 Å². The van der Waals surface area contributed by atoms with Gasteiger partial charge < -0.3 is 0 Å². The van der Waals surface area contributed by atoms with Gasteiger partial charge in [0.2, 0.25) is 0 Å². The standard InChI is InChI=1S/C23H14Cl2N2/c1-15-12-23(25)27-22-11-3-16(13-21(15)22)2-9-20-10-6-18(14-26-20)17-4-7-19(24)8-5-17/h3-8,10-14H,1H3. The SMILES string of the molecule is Cc1cc(Cl)nc2ccc(C#Cc3ccc(-c4ccc(Cl)cc4)cn3)cc12. The molecule has 0 aliphatic carbocycles. The maximum atomic E-state index is 6.02. The third-order valence-corrected chi connectivity index (χ3v) is 4.71. The van der Waals surface area contributed by atoms with Gasteiger partial charge in [0, 0.05) is 27.7 Å². The number of halogens is 2. The molecule has 4 rings (SSSR count). The van der Waals surface area contributed by atoms with Crippen LogP contribution in [0, 0.1) is 18.8 Å². The summed E-state index contributed by atoms with van der Waals surface area (Å²) in [5, 5.41) is 2.28. The number of benzene rings is 2. The van der Waals surface area contributed by atoms with Crippen molar-refractivity contribution >= 4 is 34.1 Å². The summed E-state index contributed by atoms with van der Waals surface area (Å²) in [4.78, 5) is 8.78. The predicted octanol–water partition coefficient (Wildman–Crippen LogP) is 6.31. The average Bonchev–Trinajstić information content (AvgIpc) is 2.67. The zero-order valence-electron chi connectivity index (χ0n) is 14.5. The van der Waals surface area contributed by atoms with Crippen LogP contribution in [0.25, 0.3) is 22.0 Å². The van der Waals surface area contributed by atoms with Crippen LogP contribution in [0.1, 0.15) is 16.8 Å². The lowest BCUT2D eigenvalue weighted by Crippen LogP contribution is -1.87. The number of hydrogen-bond acceptors (Lipinski definition) is 2. The summed E-state index contributed by atoms with van der Waals surface area (Å²) < 4.78 is 0. The van der Waals surface area contributed by atoms with Gasteiger partial charge in [0.05, 0.1) is 5.52 Å². The Kier molecular flexibility index (Phi) is 4.81. The van der Waals surface area contributed by atoms with Crippen molar-refractivity contribution in [3.05, 3.63) is 93.9 Å². The van der Waals surface area contributed by atoms with Gasteiger partial charge in [-0.05, 0) is 66.4 Å². The van der Waals surface area contributed by atoms with Crippen molar-refractivity contribution in [2.45, 2.75) is 6.92 Å². The number of fused-ring (bicyclic) bond motifs is 1. The molecule has 0 saturated heterocycles. The van der Waals surface area contributed by atoms with E-state index in [-0.39, 0.29) is 0 Å². The maximum Gasteiger partial charge on any atom is 0.130 e. The van der Waals surface area contributed by atoms with Crippen molar-refractivity contribution in [2.24, 2.45) is 0 Å². The molecule has 0 radical (unpaired) electrons. The maximum absolute atomic E-state index is 6.02. The number of aromatic nitrogens is 2. The van der Waals surface area contributed by atoms with Gasteiger partial charge in [0.15, 0.2) is 0 Å². The molecule has 2 aromatic carbocycles. The van der Waals surface area contributed by atoms with Crippen LogP contribution in [0.15, 0.2) is 66.9 Å². The van der Waals surface area contributed by atoms with E-state index in [4.69, 9.17) is 23.2 Å². The monoisotopic (exact) mass is 388 g/mol. The molecule has 0 atom stereocenters. The molecule has 0 unspecified atom stereocenters. The van der Waals surface area contributed by atoms with Gasteiger partial charge in [-0.2, -0.15) is 0 Å². The highest BCUT2D eigenvalue weighted by Crippen LogP contribution is 2.22.